The highest BCUT2D eigenvalue weighted by Gasteiger charge is 2.13. The Labute approximate surface area is 132 Å². The Morgan fingerprint density at radius 1 is 1.14 bits per heavy atom. The van der Waals surface area contributed by atoms with E-state index in [0.717, 1.165) is 22.9 Å². The molecule has 5 heteroatoms. The maximum absolute atomic E-state index is 6.35. The van der Waals surface area contributed by atoms with Crippen molar-refractivity contribution >= 4 is 39.8 Å². The van der Waals surface area contributed by atoms with Gasteiger partial charge in [-0.1, -0.05) is 41.4 Å². The highest BCUT2D eigenvalue weighted by molar-refractivity contribution is 6.37. The van der Waals surface area contributed by atoms with Crippen molar-refractivity contribution in [2.75, 3.05) is 11.9 Å². The van der Waals surface area contributed by atoms with Crippen LogP contribution in [0.15, 0.2) is 42.7 Å². The second-order valence-corrected chi connectivity index (χ2v) is 5.40. The number of hydrogen-bond acceptors (Lipinski definition) is 3. The minimum Gasteiger partial charge on any atom is -0.369 e. The Balaban J connectivity index is 2.25. The molecule has 0 atom stereocenters. The molecule has 0 bridgehead atoms. The fraction of sp³-hybridized carbons (Fsp3) is 0.125. The summed E-state index contributed by atoms with van der Waals surface area (Å²) in [6.07, 6.45) is 3.59. The number of nitrogens with zero attached hydrogens (tertiary/aromatic N) is 2. The van der Waals surface area contributed by atoms with Gasteiger partial charge in [-0.2, -0.15) is 0 Å². The molecule has 0 fully saturated rings. The van der Waals surface area contributed by atoms with Crippen LogP contribution in [0, 0.1) is 0 Å². The molecule has 0 saturated heterocycles. The molecule has 0 aliphatic heterocycles. The molecule has 0 spiro atoms. The van der Waals surface area contributed by atoms with Crippen molar-refractivity contribution in [2.24, 2.45) is 0 Å². The molecule has 0 aliphatic carbocycles. The fourth-order valence-corrected chi connectivity index (χ4v) is 2.80. The summed E-state index contributed by atoms with van der Waals surface area (Å²) in [6, 6.07) is 9.67. The molecule has 0 radical (unpaired) electrons. The number of rotatable bonds is 3. The number of fused-ring (bicyclic) bond motifs is 1. The van der Waals surface area contributed by atoms with Crippen LogP contribution in [-0.2, 0) is 0 Å². The van der Waals surface area contributed by atoms with Gasteiger partial charge in [0, 0.05) is 29.9 Å². The first kappa shape index (κ1) is 14.1. The van der Waals surface area contributed by atoms with Crippen LogP contribution in [0.2, 0.25) is 10.0 Å². The van der Waals surface area contributed by atoms with Gasteiger partial charge in [0.2, 0.25) is 0 Å². The first-order valence-corrected chi connectivity index (χ1v) is 7.39. The second kappa shape index (κ2) is 5.88. The lowest BCUT2D eigenvalue weighted by molar-refractivity contribution is 1.16. The maximum Gasteiger partial charge on any atom is 0.145 e. The molecule has 1 N–H and O–H groups in total. The molecule has 2 aromatic heterocycles. The summed E-state index contributed by atoms with van der Waals surface area (Å²) in [4.78, 5) is 8.73. The molecule has 0 saturated carbocycles. The van der Waals surface area contributed by atoms with Gasteiger partial charge in [-0.05, 0) is 24.4 Å². The normalized spacial score (nSPS) is 10.8. The zero-order valence-corrected chi connectivity index (χ0v) is 12.9. The van der Waals surface area contributed by atoms with Crippen LogP contribution in [0.1, 0.15) is 6.92 Å². The molecule has 106 valence electrons. The van der Waals surface area contributed by atoms with Crippen molar-refractivity contribution in [3.63, 3.8) is 0 Å². The van der Waals surface area contributed by atoms with Crippen LogP contribution >= 0.6 is 23.2 Å². The van der Waals surface area contributed by atoms with Crippen molar-refractivity contribution in [3.05, 3.63) is 52.8 Å². The van der Waals surface area contributed by atoms with E-state index in [1.807, 2.05) is 37.4 Å². The molecule has 3 rings (SSSR count). The Morgan fingerprint density at radius 3 is 2.81 bits per heavy atom. The summed E-state index contributed by atoms with van der Waals surface area (Å²) in [5.74, 6) is 0.643. The predicted octanol–water partition coefficient (Wildman–Crippen LogP) is 5.04. The maximum atomic E-state index is 6.35. The number of anilines is 1. The second-order valence-electron chi connectivity index (χ2n) is 4.58. The number of halogens is 2. The van der Waals surface area contributed by atoms with E-state index in [0.29, 0.717) is 21.6 Å². The average Bonchev–Trinajstić information content (AvgIpc) is 2.50. The Morgan fingerprint density at radius 2 is 2.00 bits per heavy atom. The van der Waals surface area contributed by atoms with Crippen LogP contribution in [0.4, 0.5) is 5.82 Å². The van der Waals surface area contributed by atoms with E-state index in [9.17, 15) is 0 Å². The summed E-state index contributed by atoms with van der Waals surface area (Å²) in [5.41, 5.74) is 1.68. The first-order chi connectivity index (χ1) is 10.2. The molecule has 0 amide bonds. The van der Waals surface area contributed by atoms with Crippen LogP contribution < -0.4 is 5.32 Å². The summed E-state index contributed by atoms with van der Waals surface area (Å²) in [7, 11) is 0. The number of aromatic nitrogens is 2. The topological polar surface area (TPSA) is 37.8 Å². The van der Waals surface area contributed by atoms with E-state index in [1.54, 1.807) is 12.3 Å². The molecule has 3 nitrogen and oxygen atoms in total. The van der Waals surface area contributed by atoms with Crippen LogP contribution in [0.5, 0.6) is 0 Å². The lowest BCUT2D eigenvalue weighted by Gasteiger charge is -2.11. The Kier molecular flexibility index (Phi) is 3.95. The third kappa shape index (κ3) is 2.67. The number of pyridine rings is 2. The quantitative estimate of drug-likeness (QED) is 0.735. The Bertz CT molecular complexity index is 797. The third-order valence-electron chi connectivity index (χ3n) is 3.21. The molecule has 0 unspecified atom stereocenters. The Hall–Kier alpha value is -1.84. The van der Waals surface area contributed by atoms with Crippen molar-refractivity contribution in [1.29, 1.82) is 0 Å². The lowest BCUT2D eigenvalue weighted by Crippen LogP contribution is -2.01. The van der Waals surface area contributed by atoms with Gasteiger partial charge in [0.25, 0.3) is 0 Å². The zero-order chi connectivity index (χ0) is 14.8. The minimum atomic E-state index is 0.521. The molecule has 0 aliphatic rings. The minimum absolute atomic E-state index is 0.521. The van der Waals surface area contributed by atoms with Gasteiger partial charge in [0.05, 0.1) is 15.7 Å². The molecule has 21 heavy (non-hydrogen) atoms. The zero-order valence-electron chi connectivity index (χ0n) is 11.4. The van der Waals surface area contributed by atoms with Gasteiger partial charge in [0.15, 0.2) is 0 Å². The molecular weight excluding hydrogens is 305 g/mol. The largest absolute Gasteiger partial charge is 0.369 e. The standard InChI is InChI=1S/C16H13Cl2N3/c1-2-20-16-14(18)8-13(17)15(21-16)12-5-3-4-10-9-19-7-6-11(10)12/h3-9H,2H2,1H3,(H,20,21). The van der Waals surface area contributed by atoms with E-state index in [2.05, 4.69) is 15.3 Å². The molecular formula is C16H13Cl2N3. The van der Waals surface area contributed by atoms with Crippen molar-refractivity contribution < 1.29 is 0 Å². The SMILES string of the molecule is CCNc1nc(-c2cccc3cnccc23)c(Cl)cc1Cl. The summed E-state index contributed by atoms with van der Waals surface area (Å²) in [6.45, 7) is 2.74. The van der Waals surface area contributed by atoms with Gasteiger partial charge >= 0.3 is 0 Å². The van der Waals surface area contributed by atoms with E-state index >= 15 is 0 Å². The van der Waals surface area contributed by atoms with Crippen molar-refractivity contribution in [3.8, 4) is 11.3 Å². The molecule has 1 aromatic carbocycles. The van der Waals surface area contributed by atoms with Crippen molar-refractivity contribution in [1.82, 2.24) is 9.97 Å². The van der Waals surface area contributed by atoms with Gasteiger partial charge in [-0.15, -0.1) is 0 Å². The van der Waals surface area contributed by atoms with Crippen LogP contribution in [0.3, 0.4) is 0 Å². The van der Waals surface area contributed by atoms with Gasteiger partial charge in [-0.25, -0.2) is 4.98 Å². The predicted molar refractivity (Wildman–Crippen MR) is 89.2 cm³/mol. The van der Waals surface area contributed by atoms with Gasteiger partial charge < -0.3 is 5.32 Å². The summed E-state index contributed by atoms with van der Waals surface area (Å²) in [5, 5.41) is 6.31. The third-order valence-corrected chi connectivity index (χ3v) is 3.79. The van der Waals surface area contributed by atoms with E-state index < -0.39 is 0 Å². The lowest BCUT2D eigenvalue weighted by atomic mass is 10.0. The monoisotopic (exact) mass is 317 g/mol. The highest BCUT2D eigenvalue weighted by atomic mass is 35.5. The average molecular weight is 318 g/mol. The van der Waals surface area contributed by atoms with Crippen molar-refractivity contribution in [2.45, 2.75) is 6.92 Å². The summed E-state index contributed by atoms with van der Waals surface area (Å²) < 4.78 is 0. The van der Waals surface area contributed by atoms with Crippen LogP contribution in [-0.4, -0.2) is 16.5 Å². The molecule has 3 aromatic rings. The highest BCUT2D eigenvalue weighted by Crippen LogP contribution is 2.35. The van der Waals surface area contributed by atoms with Gasteiger partial charge in [0.1, 0.15) is 5.82 Å². The smallest absolute Gasteiger partial charge is 0.145 e. The number of nitrogens with one attached hydrogen (secondary N) is 1. The molecule has 2 heterocycles. The summed E-state index contributed by atoms with van der Waals surface area (Å²) >= 11 is 12.5. The van der Waals surface area contributed by atoms with Crippen LogP contribution in [0.25, 0.3) is 22.0 Å². The van der Waals surface area contributed by atoms with E-state index in [1.165, 1.54) is 0 Å². The fourth-order valence-electron chi connectivity index (χ4n) is 2.28. The van der Waals surface area contributed by atoms with E-state index in [-0.39, 0.29) is 0 Å². The number of benzene rings is 1. The first-order valence-electron chi connectivity index (χ1n) is 6.63. The van der Waals surface area contributed by atoms with E-state index in [4.69, 9.17) is 23.2 Å². The van der Waals surface area contributed by atoms with Gasteiger partial charge in [-0.3, -0.25) is 4.98 Å². The number of hydrogen-bond donors (Lipinski definition) is 1.